The van der Waals surface area contributed by atoms with Gasteiger partial charge in [0.05, 0.1) is 0 Å². The maximum absolute atomic E-state index is 9.60. The minimum atomic E-state index is -0.935. The monoisotopic (exact) mass is 198 g/mol. The molecule has 0 bridgehead atoms. The van der Waals surface area contributed by atoms with Crippen molar-refractivity contribution < 1.29 is 9.90 Å². The fourth-order valence-corrected chi connectivity index (χ4v) is 1.74. The molecule has 0 saturated heterocycles. The Bertz CT molecular complexity index is 176. The number of hydrogen-bond donors (Lipinski definition) is 1. The van der Waals surface area contributed by atoms with Gasteiger partial charge in [0.2, 0.25) is 0 Å². The van der Waals surface area contributed by atoms with E-state index in [0.717, 1.165) is 11.8 Å². The Kier molecular flexibility index (Phi) is 6.26. The highest BCUT2D eigenvalue weighted by Crippen LogP contribution is 2.27. The fourth-order valence-electron chi connectivity index (χ4n) is 1.74. The summed E-state index contributed by atoms with van der Waals surface area (Å²) in [5.41, 5.74) is 0.176. The summed E-state index contributed by atoms with van der Waals surface area (Å²) in [6, 6.07) is 0. The van der Waals surface area contributed by atoms with Crippen molar-refractivity contribution >= 4 is 5.97 Å². The summed E-state index contributed by atoms with van der Waals surface area (Å²) in [5.74, 6) is 1.09. The predicted octanol–water partition coefficient (Wildman–Crippen LogP) is 3.48. The first kappa shape index (κ1) is 13.2. The third-order valence-electron chi connectivity index (χ3n) is 2.56. The minimum absolute atomic E-state index is 0.176. The fraction of sp³-hybridized carbons (Fsp3) is 0.750. The van der Waals surface area contributed by atoms with Crippen LogP contribution in [0, 0.1) is 11.8 Å². The summed E-state index contributed by atoms with van der Waals surface area (Å²) in [6.07, 6.45) is 5.90. The van der Waals surface area contributed by atoms with Gasteiger partial charge in [-0.1, -0.05) is 39.7 Å². The van der Waals surface area contributed by atoms with Crippen LogP contribution in [0.4, 0.5) is 0 Å². The van der Waals surface area contributed by atoms with Gasteiger partial charge in [-0.3, -0.25) is 0 Å². The molecule has 1 N–H and O–H groups in total. The van der Waals surface area contributed by atoms with Gasteiger partial charge in [0.1, 0.15) is 0 Å². The third kappa shape index (κ3) is 6.70. The van der Waals surface area contributed by atoms with E-state index >= 15 is 0 Å². The number of aliphatic carboxylic acids is 1. The highest BCUT2D eigenvalue weighted by Gasteiger charge is 2.13. The van der Waals surface area contributed by atoms with Gasteiger partial charge in [-0.15, -0.1) is 0 Å². The molecule has 1 rings (SSSR count). The second kappa shape index (κ2) is 6.63. The van der Waals surface area contributed by atoms with Crippen LogP contribution in [0.5, 0.6) is 0 Å². The lowest BCUT2D eigenvalue weighted by molar-refractivity contribution is -0.132. The normalized spacial score (nSPS) is 25.9. The van der Waals surface area contributed by atoms with Crippen molar-refractivity contribution in [2.24, 2.45) is 11.8 Å². The van der Waals surface area contributed by atoms with E-state index in [1.807, 2.05) is 0 Å². The van der Waals surface area contributed by atoms with E-state index in [-0.39, 0.29) is 5.57 Å². The molecule has 0 amide bonds. The van der Waals surface area contributed by atoms with Gasteiger partial charge >= 0.3 is 5.97 Å². The van der Waals surface area contributed by atoms with Crippen molar-refractivity contribution in [2.45, 2.75) is 46.5 Å². The zero-order chi connectivity index (χ0) is 11.1. The predicted molar refractivity (Wildman–Crippen MR) is 59.2 cm³/mol. The van der Waals surface area contributed by atoms with Crippen LogP contribution < -0.4 is 0 Å². The van der Waals surface area contributed by atoms with E-state index in [2.05, 4.69) is 20.4 Å². The standard InChI is InChI=1S/C8H16.C4H6O2/c1-7-4-3-5-8(2)6-7;1-3(2)4(5)6/h7-8H,3-6H2,1-2H3;1H2,2H3,(H,5,6). The minimum Gasteiger partial charge on any atom is -0.478 e. The molecule has 14 heavy (non-hydrogen) atoms. The van der Waals surface area contributed by atoms with Gasteiger partial charge in [0.15, 0.2) is 0 Å². The van der Waals surface area contributed by atoms with Crippen LogP contribution in [-0.4, -0.2) is 11.1 Å². The molecule has 1 saturated carbocycles. The Morgan fingerprint density at radius 3 is 1.79 bits per heavy atom. The average molecular weight is 198 g/mol. The highest BCUT2D eigenvalue weighted by atomic mass is 16.4. The number of carboxylic acids is 1. The molecule has 0 aromatic heterocycles. The van der Waals surface area contributed by atoms with Crippen LogP contribution in [0.2, 0.25) is 0 Å². The van der Waals surface area contributed by atoms with E-state index in [1.165, 1.54) is 32.6 Å². The lowest BCUT2D eigenvalue weighted by Crippen LogP contribution is -2.09. The summed E-state index contributed by atoms with van der Waals surface area (Å²) >= 11 is 0. The largest absolute Gasteiger partial charge is 0.478 e. The van der Waals surface area contributed by atoms with Gasteiger partial charge < -0.3 is 5.11 Å². The Morgan fingerprint density at radius 1 is 1.29 bits per heavy atom. The SMILES string of the molecule is C=C(C)C(=O)O.CC1CCCC(C)C1. The lowest BCUT2D eigenvalue weighted by atomic mass is 9.84. The van der Waals surface area contributed by atoms with Crippen LogP contribution in [0.25, 0.3) is 0 Å². The molecule has 0 heterocycles. The smallest absolute Gasteiger partial charge is 0.330 e. The first-order valence-corrected chi connectivity index (χ1v) is 5.32. The number of hydrogen-bond acceptors (Lipinski definition) is 1. The van der Waals surface area contributed by atoms with Crippen molar-refractivity contribution in [1.29, 1.82) is 0 Å². The topological polar surface area (TPSA) is 37.3 Å². The van der Waals surface area contributed by atoms with Crippen molar-refractivity contribution in [3.8, 4) is 0 Å². The maximum atomic E-state index is 9.60. The molecule has 1 fully saturated rings. The zero-order valence-electron chi connectivity index (χ0n) is 9.55. The van der Waals surface area contributed by atoms with Crippen molar-refractivity contribution in [2.75, 3.05) is 0 Å². The number of rotatable bonds is 1. The van der Waals surface area contributed by atoms with Gasteiger partial charge in [0, 0.05) is 5.57 Å². The lowest BCUT2D eigenvalue weighted by Gasteiger charge is -2.22. The third-order valence-corrected chi connectivity index (χ3v) is 2.56. The molecule has 0 spiro atoms. The Morgan fingerprint density at radius 2 is 1.64 bits per heavy atom. The molecular formula is C12H22O2. The highest BCUT2D eigenvalue weighted by molar-refractivity contribution is 5.84. The summed E-state index contributed by atoms with van der Waals surface area (Å²) in [4.78, 5) is 9.60. The Labute approximate surface area is 87.0 Å². The van der Waals surface area contributed by atoms with Crippen LogP contribution in [0.1, 0.15) is 46.5 Å². The molecule has 0 aromatic rings. The van der Waals surface area contributed by atoms with Crippen LogP contribution >= 0.6 is 0 Å². The maximum Gasteiger partial charge on any atom is 0.330 e. The van der Waals surface area contributed by atoms with E-state index in [0.29, 0.717) is 0 Å². The first-order valence-electron chi connectivity index (χ1n) is 5.32. The molecule has 1 aliphatic rings. The average Bonchev–Trinajstić information content (AvgIpc) is 2.04. The Balaban J connectivity index is 0.000000255. The van der Waals surface area contributed by atoms with Crippen LogP contribution in [0.15, 0.2) is 12.2 Å². The molecular weight excluding hydrogens is 176 g/mol. The first-order chi connectivity index (χ1) is 6.43. The van der Waals surface area contributed by atoms with Crippen molar-refractivity contribution in [3.05, 3.63) is 12.2 Å². The van der Waals surface area contributed by atoms with E-state index < -0.39 is 5.97 Å². The summed E-state index contributed by atoms with van der Waals surface area (Å²) in [6.45, 7) is 9.34. The molecule has 2 nitrogen and oxygen atoms in total. The quantitative estimate of drug-likeness (QED) is 0.655. The van der Waals surface area contributed by atoms with Crippen LogP contribution in [0.3, 0.4) is 0 Å². The number of carboxylic acid groups (broad SMARTS) is 1. The van der Waals surface area contributed by atoms with Crippen LogP contribution in [-0.2, 0) is 4.79 Å². The summed E-state index contributed by atoms with van der Waals surface area (Å²) in [7, 11) is 0. The molecule has 1 aliphatic carbocycles. The van der Waals surface area contributed by atoms with Crippen molar-refractivity contribution in [3.63, 3.8) is 0 Å². The van der Waals surface area contributed by atoms with E-state index in [4.69, 9.17) is 5.11 Å². The molecule has 0 aromatic carbocycles. The molecule has 0 aliphatic heterocycles. The van der Waals surface area contributed by atoms with E-state index in [1.54, 1.807) is 0 Å². The molecule has 2 unspecified atom stereocenters. The summed E-state index contributed by atoms with van der Waals surface area (Å²) in [5, 5.41) is 7.89. The Hall–Kier alpha value is -0.790. The second-order valence-corrected chi connectivity index (χ2v) is 4.46. The molecule has 0 radical (unpaired) electrons. The van der Waals surface area contributed by atoms with Gasteiger partial charge in [-0.2, -0.15) is 0 Å². The van der Waals surface area contributed by atoms with Crippen molar-refractivity contribution in [1.82, 2.24) is 0 Å². The molecule has 2 atom stereocenters. The summed E-state index contributed by atoms with van der Waals surface area (Å²) < 4.78 is 0. The molecule has 2 heteroatoms. The molecule has 82 valence electrons. The van der Waals surface area contributed by atoms with Gasteiger partial charge in [0.25, 0.3) is 0 Å². The van der Waals surface area contributed by atoms with Gasteiger partial charge in [-0.25, -0.2) is 4.79 Å². The zero-order valence-corrected chi connectivity index (χ0v) is 9.55. The van der Waals surface area contributed by atoms with Gasteiger partial charge in [-0.05, 0) is 25.2 Å². The second-order valence-electron chi connectivity index (χ2n) is 4.46. The number of carbonyl (C=O) groups is 1. The van der Waals surface area contributed by atoms with E-state index in [9.17, 15) is 4.79 Å².